The molecule has 0 radical (unpaired) electrons. The topological polar surface area (TPSA) is 55.6 Å². The van der Waals surface area contributed by atoms with Gasteiger partial charge in [-0.1, -0.05) is 6.92 Å². The molecule has 1 saturated heterocycles. The highest BCUT2D eigenvalue weighted by molar-refractivity contribution is 5.79. The molecule has 0 aromatic heterocycles. The van der Waals surface area contributed by atoms with Crippen LogP contribution in [0.3, 0.4) is 0 Å². The Kier molecular flexibility index (Phi) is 3.65. The predicted molar refractivity (Wildman–Crippen MR) is 64.1 cm³/mol. The minimum absolute atomic E-state index is 0.178. The van der Waals surface area contributed by atoms with Crippen LogP contribution in [0.2, 0.25) is 0 Å². The summed E-state index contributed by atoms with van der Waals surface area (Å²) in [5.74, 6) is -0.240. The van der Waals surface area contributed by atoms with E-state index < -0.39 is 0 Å². The smallest absolute Gasteiger partial charge is 0.234 e. The number of hydrogen-bond donors (Lipinski definition) is 1. The fourth-order valence-electron chi connectivity index (χ4n) is 2.71. The molecule has 4 nitrogen and oxygen atoms in total. The van der Waals surface area contributed by atoms with Crippen LogP contribution in [0.5, 0.6) is 0 Å². The molecule has 0 spiro atoms. The van der Waals surface area contributed by atoms with Crippen molar-refractivity contribution in [1.82, 2.24) is 4.90 Å². The number of carbonyl (C=O) groups excluding carboxylic acids is 1. The third-order valence-corrected chi connectivity index (χ3v) is 2.88. The number of nitrogens with two attached hydrogens (primary N) is 1. The van der Waals surface area contributed by atoms with Crippen LogP contribution >= 0.6 is 0 Å². The Morgan fingerprint density at radius 3 is 2.06 bits per heavy atom. The van der Waals surface area contributed by atoms with Gasteiger partial charge in [-0.25, -0.2) is 0 Å². The fourth-order valence-corrected chi connectivity index (χ4v) is 2.71. The fraction of sp³-hybridized carbons (Fsp3) is 0.917. The van der Waals surface area contributed by atoms with Gasteiger partial charge in [-0.3, -0.25) is 9.69 Å². The van der Waals surface area contributed by atoms with Crippen LogP contribution < -0.4 is 5.73 Å². The van der Waals surface area contributed by atoms with E-state index in [9.17, 15) is 4.79 Å². The maximum atomic E-state index is 11.4. The zero-order chi connectivity index (χ0) is 12.6. The van der Waals surface area contributed by atoms with Crippen molar-refractivity contribution in [3.8, 4) is 0 Å². The van der Waals surface area contributed by atoms with Crippen LogP contribution in [-0.2, 0) is 9.53 Å². The van der Waals surface area contributed by atoms with Gasteiger partial charge in [0, 0.05) is 13.1 Å². The van der Waals surface area contributed by atoms with Gasteiger partial charge in [0.1, 0.15) is 0 Å². The second-order valence-electron chi connectivity index (χ2n) is 5.85. The first kappa shape index (κ1) is 13.5. The van der Waals surface area contributed by atoms with Crippen molar-refractivity contribution < 1.29 is 9.53 Å². The second-order valence-corrected chi connectivity index (χ2v) is 5.85. The van der Waals surface area contributed by atoms with Crippen molar-refractivity contribution in [2.24, 2.45) is 5.73 Å². The minimum Gasteiger partial charge on any atom is -0.368 e. The Morgan fingerprint density at radius 2 is 1.75 bits per heavy atom. The SMILES string of the molecule is CCC(C(N)=O)N1CC(C)(C)OC(C)(C)C1. The van der Waals surface area contributed by atoms with E-state index in [2.05, 4.69) is 32.6 Å². The van der Waals surface area contributed by atoms with Crippen LogP contribution in [0.4, 0.5) is 0 Å². The lowest BCUT2D eigenvalue weighted by Crippen LogP contribution is -2.61. The monoisotopic (exact) mass is 228 g/mol. The van der Waals surface area contributed by atoms with Gasteiger partial charge in [0.05, 0.1) is 17.2 Å². The number of ether oxygens (including phenoxy) is 1. The van der Waals surface area contributed by atoms with E-state index in [0.29, 0.717) is 0 Å². The highest BCUT2D eigenvalue weighted by Gasteiger charge is 2.41. The molecule has 1 amide bonds. The lowest BCUT2D eigenvalue weighted by Gasteiger charge is -2.49. The van der Waals surface area contributed by atoms with Crippen LogP contribution in [0.1, 0.15) is 41.0 Å². The zero-order valence-corrected chi connectivity index (χ0v) is 11.0. The summed E-state index contributed by atoms with van der Waals surface area (Å²) in [6.07, 6.45) is 0.751. The van der Waals surface area contributed by atoms with Crippen molar-refractivity contribution in [3.63, 3.8) is 0 Å². The Balaban J connectivity index is 2.84. The molecule has 0 saturated carbocycles. The van der Waals surface area contributed by atoms with Crippen molar-refractivity contribution in [2.45, 2.75) is 58.3 Å². The van der Waals surface area contributed by atoms with E-state index in [0.717, 1.165) is 19.5 Å². The van der Waals surface area contributed by atoms with E-state index in [1.54, 1.807) is 0 Å². The summed E-state index contributed by atoms with van der Waals surface area (Å²) in [7, 11) is 0. The Bertz CT molecular complexity index is 258. The first-order valence-electron chi connectivity index (χ1n) is 5.90. The summed E-state index contributed by atoms with van der Waals surface area (Å²) < 4.78 is 5.97. The van der Waals surface area contributed by atoms with Crippen molar-refractivity contribution in [2.75, 3.05) is 13.1 Å². The predicted octanol–water partition coefficient (Wildman–Crippen LogP) is 1.14. The van der Waals surface area contributed by atoms with Gasteiger partial charge >= 0.3 is 0 Å². The van der Waals surface area contributed by atoms with Gasteiger partial charge in [0.15, 0.2) is 0 Å². The lowest BCUT2D eigenvalue weighted by molar-refractivity contribution is -0.188. The third kappa shape index (κ3) is 3.19. The second kappa shape index (κ2) is 4.34. The molecule has 0 aliphatic carbocycles. The van der Waals surface area contributed by atoms with E-state index in [-0.39, 0.29) is 23.2 Å². The average molecular weight is 228 g/mol. The van der Waals surface area contributed by atoms with Gasteiger partial charge in [0.2, 0.25) is 5.91 Å². The van der Waals surface area contributed by atoms with E-state index >= 15 is 0 Å². The summed E-state index contributed by atoms with van der Waals surface area (Å²) in [4.78, 5) is 13.5. The number of amides is 1. The number of carbonyl (C=O) groups is 1. The first-order valence-corrected chi connectivity index (χ1v) is 5.90. The molecule has 0 aromatic rings. The first-order chi connectivity index (χ1) is 7.17. The van der Waals surface area contributed by atoms with Crippen LogP contribution in [0.15, 0.2) is 0 Å². The van der Waals surface area contributed by atoms with Crippen molar-refractivity contribution in [3.05, 3.63) is 0 Å². The molecule has 2 N–H and O–H groups in total. The molecule has 1 heterocycles. The standard InChI is InChI=1S/C12H24N2O2/c1-6-9(10(13)15)14-7-11(2,3)16-12(4,5)8-14/h9H,6-8H2,1-5H3,(H2,13,15). The molecule has 16 heavy (non-hydrogen) atoms. The minimum atomic E-state index is -0.240. The highest BCUT2D eigenvalue weighted by atomic mass is 16.5. The van der Waals surface area contributed by atoms with Gasteiger partial charge in [-0.2, -0.15) is 0 Å². The summed E-state index contributed by atoms with van der Waals surface area (Å²) in [6, 6.07) is -0.178. The lowest BCUT2D eigenvalue weighted by atomic mass is 9.96. The number of nitrogens with zero attached hydrogens (tertiary/aromatic N) is 1. The van der Waals surface area contributed by atoms with Crippen LogP contribution in [0, 0.1) is 0 Å². The molecule has 1 atom stereocenters. The molecule has 1 fully saturated rings. The number of morpholine rings is 1. The molecule has 94 valence electrons. The van der Waals surface area contributed by atoms with Crippen molar-refractivity contribution >= 4 is 5.91 Å². The summed E-state index contributed by atoms with van der Waals surface area (Å²) in [6.45, 7) is 11.7. The normalized spacial score (nSPS) is 26.3. The molecule has 1 unspecified atom stereocenters. The van der Waals surface area contributed by atoms with E-state index in [1.807, 2.05) is 6.92 Å². The summed E-state index contributed by atoms with van der Waals surface area (Å²) >= 11 is 0. The molecule has 0 aromatic carbocycles. The zero-order valence-electron chi connectivity index (χ0n) is 11.0. The molecule has 1 aliphatic heterocycles. The quantitative estimate of drug-likeness (QED) is 0.788. The van der Waals surface area contributed by atoms with Gasteiger partial charge in [-0.05, 0) is 34.1 Å². The summed E-state index contributed by atoms with van der Waals surface area (Å²) in [5, 5.41) is 0. The number of hydrogen-bond acceptors (Lipinski definition) is 3. The number of primary amides is 1. The highest BCUT2D eigenvalue weighted by Crippen LogP contribution is 2.29. The molecule has 1 rings (SSSR count). The average Bonchev–Trinajstić information content (AvgIpc) is 1.97. The van der Waals surface area contributed by atoms with Gasteiger partial charge < -0.3 is 10.5 Å². The Hall–Kier alpha value is -0.610. The molecule has 0 bridgehead atoms. The van der Waals surface area contributed by atoms with Crippen molar-refractivity contribution in [1.29, 1.82) is 0 Å². The van der Waals surface area contributed by atoms with Gasteiger partial charge in [0.25, 0.3) is 0 Å². The molecular weight excluding hydrogens is 204 g/mol. The Labute approximate surface area is 98.1 Å². The third-order valence-electron chi connectivity index (χ3n) is 2.88. The van der Waals surface area contributed by atoms with Crippen LogP contribution in [0.25, 0.3) is 0 Å². The molecule has 1 aliphatic rings. The van der Waals surface area contributed by atoms with E-state index in [4.69, 9.17) is 10.5 Å². The van der Waals surface area contributed by atoms with Gasteiger partial charge in [-0.15, -0.1) is 0 Å². The maximum Gasteiger partial charge on any atom is 0.234 e. The summed E-state index contributed by atoms with van der Waals surface area (Å²) in [5.41, 5.74) is 4.97. The van der Waals surface area contributed by atoms with E-state index in [1.165, 1.54) is 0 Å². The molecule has 4 heteroatoms. The number of rotatable bonds is 3. The Morgan fingerprint density at radius 1 is 1.31 bits per heavy atom. The largest absolute Gasteiger partial charge is 0.368 e. The maximum absolute atomic E-state index is 11.4. The van der Waals surface area contributed by atoms with Crippen LogP contribution in [-0.4, -0.2) is 41.1 Å². The molecular formula is C12H24N2O2.